The summed E-state index contributed by atoms with van der Waals surface area (Å²) >= 11 is 0. The van der Waals surface area contributed by atoms with Gasteiger partial charge in [-0.3, -0.25) is 0 Å². The molecule has 2 atom stereocenters. The molecule has 5 heteroatoms. The summed E-state index contributed by atoms with van der Waals surface area (Å²) in [6.45, 7) is 1.69. The predicted octanol–water partition coefficient (Wildman–Crippen LogP) is 3.10. The van der Waals surface area contributed by atoms with Gasteiger partial charge in [0.15, 0.2) is 0 Å². The number of hydrogen-bond acceptors (Lipinski definition) is 3. The molecule has 1 N–H and O–H groups in total. The van der Waals surface area contributed by atoms with Gasteiger partial charge in [-0.15, -0.1) is 0 Å². The third-order valence-corrected chi connectivity index (χ3v) is 4.78. The molecular formula is C18H22N4O. The number of nitrogens with one attached hydrogen (secondary N) is 1. The lowest BCUT2D eigenvalue weighted by Gasteiger charge is -2.20. The van der Waals surface area contributed by atoms with E-state index in [4.69, 9.17) is 4.74 Å². The van der Waals surface area contributed by atoms with Crippen LogP contribution in [0.1, 0.15) is 18.3 Å². The van der Waals surface area contributed by atoms with E-state index in [1.807, 2.05) is 19.4 Å². The van der Waals surface area contributed by atoms with Gasteiger partial charge in [0.2, 0.25) is 0 Å². The second-order valence-electron chi connectivity index (χ2n) is 6.29. The molecule has 5 nitrogen and oxygen atoms in total. The number of ether oxygens (including phenoxy) is 1. The lowest BCUT2D eigenvalue weighted by atomic mass is 10.0. The molecule has 1 aromatic carbocycles. The minimum Gasteiger partial charge on any atom is -0.383 e. The van der Waals surface area contributed by atoms with E-state index >= 15 is 0 Å². The monoisotopic (exact) mass is 310 g/mol. The third kappa shape index (κ3) is 2.51. The van der Waals surface area contributed by atoms with Crippen LogP contribution in [0.15, 0.2) is 42.9 Å². The average molecular weight is 310 g/mol. The maximum absolute atomic E-state index is 5.95. The molecule has 0 spiro atoms. The Bertz CT molecular complexity index is 819. The fourth-order valence-corrected chi connectivity index (χ4v) is 3.52. The molecule has 3 aromatic rings. The van der Waals surface area contributed by atoms with Gasteiger partial charge in [0.25, 0.3) is 0 Å². The SMILES string of the molecule is Cn1ccnc1[C@@H]1OCC[C@H]1CNc1cccc2ccn(C)c12. The molecule has 0 aliphatic carbocycles. The van der Waals surface area contributed by atoms with E-state index in [2.05, 4.69) is 56.9 Å². The zero-order chi connectivity index (χ0) is 15.8. The lowest BCUT2D eigenvalue weighted by molar-refractivity contribution is 0.0839. The first-order valence-electron chi connectivity index (χ1n) is 8.11. The number of rotatable bonds is 4. The normalized spacial score (nSPS) is 21.1. The minimum absolute atomic E-state index is 0.0788. The van der Waals surface area contributed by atoms with E-state index in [9.17, 15) is 0 Å². The van der Waals surface area contributed by atoms with Crippen molar-refractivity contribution in [3.05, 3.63) is 48.7 Å². The van der Waals surface area contributed by atoms with Crippen molar-refractivity contribution in [2.45, 2.75) is 12.5 Å². The van der Waals surface area contributed by atoms with Gasteiger partial charge in [-0.2, -0.15) is 0 Å². The number of benzene rings is 1. The summed E-state index contributed by atoms with van der Waals surface area (Å²) in [5, 5.41) is 4.89. The maximum Gasteiger partial charge on any atom is 0.138 e. The largest absolute Gasteiger partial charge is 0.383 e. The van der Waals surface area contributed by atoms with Gasteiger partial charge in [-0.25, -0.2) is 4.98 Å². The fraction of sp³-hybridized carbons (Fsp3) is 0.389. The summed E-state index contributed by atoms with van der Waals surface area (Å²) in [6, 6.07) is 8.55. The summed E-state index contributed by atoms with van der Waals surface area (Å²) in [6.07, 6.45) is 7.06. The highest BCUT2D eigenvalue weighted by atomic mass is 16.5. The highest BCUT2D eigenvalue weighted by molar-refractivity contribution is 5.91. The van der Waals surface area contributed by atoms with Crippen LogP contribution in [0, 0.1) is 5.92 Å². The number of fused-ring (bicyclic) bond motifs is 1. The van der Waals surface area contributed by atoms with Gasteiger partial charge < -0.3 is 19.2 Å². The van der Waals surface area contributed by atoms with E-state index < -0.39 is 0 Å². The van der Waals surface area contributed by atoms with Crippen LogP contribution in [0.4, 0.5) is 5.69 Å². The molecule has 4 rings (SSSR count). The van der Waals surface area contributed by atoms with Gasteiger partial charge in [-0.1, -0.05) is 12.1 Å². The quantitative estimate of drug-likeness (QED) is 0.805. The number of aryl methyl sites for hydroxylation is 2. The minimum atomic E-state index is 0.0788. The Morgan fingerprint density at radius 3 is 2.96 bits per heavy atom. The first-order chi connectivity index (χ1) is 11.2. The van der Waals surface area contributed by atoms with Crippen molar-refractivity contribution in [3.63, 3.8) is 0 Å². The van der Waals surface area contributed by atoms with Gasteiger partial charge in [0.05, 0.1) is 11.2 Å². The molecule has 0 unspecified atom stereocenters. The third-order valence-electron chi connectivity index (χ3n) is 4.78. The van der Waals surface area contributed by atoms with Crippen molar-refractivity contribution in [1.29, 1.82) is 0 Å². The van der Waals surface area contributed by atoms with Crippen molar-refractivity contribution in [3.8, 4) is 0 Å². The second-order valence-corrected chi connectivity index (χ2v) is 6.29. The first kappa shape index (κ1) is 14.3. The topological polar surface area (TPSA) is 44.0 Å². The van der Waals surface area contributed by atoms with Crippen molar-refractivity contribution >= 4 is 16.6 Å². The number of imidazole rings is 1. The van der Waals surface area contributed by atoms with E-state index in [-0.39, 0.29) is 6.10 Å². The number of para-hydroxylation sites is 1. The maximum atomic E-state index is 5.95. The predicted molar refractivity (Wildman–Crippen MR) is 91.4 cm³/mol. The number of hydrogen-bond donors (Lipinski definition) is 1. The van der Waals surface area contributed by atoms with Crippen LogP contribution < -0.4 is 5.32 Å². The molecule has 1 saturated heterocycles. The molecule has 1 fully saturated rings. The molecule has 120 valence electrons. The molecule has 0 amide bonds. The number of aromatic nitrogens is 3. The summed E-state index contributed by atoms with van der Waals surface area (Å²) in [5.74, 6) is 1.46. The highest BCUT2D eigenvalue weighted by Gasteiger charge is 2.32. The summed E-state index contributed by atoms with van der Waals surface area (Å²) in [4.78, 5) is 4.46. The van der Waals surface area contributed by atoms with Crippen LogP contribution in [0.3, 0.4) is 0 Å². The molecule has 2 aromatic heterocycles. The Labute approximate surface area is 135 Å². The van der Waals surface area contributed by atoms with Gasteiger partial charge in [-0.05, 0) is 18.6 Å². The van der Waals surface area contributed by atoms with E-state index in [0.29, 0.717) is 5.92 Å². The van der Waals surface area contributed by atoms with Crippen LogP contribution in [0.2, 0.25) is 0 Å². The molecular weight excluding hydrogens is 288 g/mol. The zero-order valence-electron chi connectivity index (χ0n) is 13.6. The van der Waals surface area contributed by atoms with Crippen molar-refractivity contribution in [2.24, 2.45) is 20.0 Å². The molecule has 1 aliphatic heterocycles. The summed E-state index contributed by atoms with van der Waals surface area (Å²) in [5.41, 5.74) is 2.43. The smallest absolute Gasteiger partial charge is 0.138 e. The summed E-state index contributed by atoms with van der Waals surface area (Å²) in [7, 11) is 4.11. The Kier molecular flexibility index (Phi) is 3.58. The highest BCUT2D eigenvalue weighted by Crippen LogP contribution is 2.34. The van der Waals surface area contributed by atoms with Crippen LogP contribution in [0.5, 0.6) is 0 Å². The average Bonchev–Trinajstić information content (AvgIpc) is 3.26. The standard InChI is InChI=1S/C18H22N4O/c1-21-9-6-13-4-3-5-15(16(13)21)20-12-14-7-11-23-17(14)18-19-8-10-22(18)2/h3-6,8-10,14,17,20H,7,11-12H2,1-2H3/t14-,17+/m0/s1. The van der Waals surface area contributed by atoms with Gasteiger partial charge >= 0.3 is 0 Å². The van der Waals surface area contributed by atoms with Crippen LogP contribution in [-0.2, 0) is 18.8 Å². The number of nitrogens with zero attached hydrogens (tertiary/aromatic N) is 3. The Balaban J connectivity index is 1.54. The Hall–Kier alpha value is -2.27. The van der Waals surface area contributed by atoms with Crippen LogP contribution >= 0.6 is 0 Å². The Morgan fingerprint density at radius 1 is 1.22 bits per heavy atom. The molecule has 0 saturated carbocycles. The second kappa shape index (κ2) is 5.74. The molecule has 1 aliphatic rings. The molecule has 0 bridgehead atoms. The van der Waals surface area contributed by atoms with E-state index in [1.54, 1.807) is 0 Å². The molecule has 3 heterocycles. The van der Waals surface area contributed by atoms with Crippen molar-refractivity contribution < 1.29 is 4.74 Å². The Morgan fingerprint density at radius 2 is 2.13 bits per heavy atom. The van der Waals surface area contributed by atoms with Crippen LogP contribution in [0.25, 0.3) is 10.9 Å². The summed E-state index contributed by atoms with van der Waals surface area (Å²) < 4.78 is 10.2. The molecule has 23 heavy (non-hydrogen) atoms. The van der Waals surface area contributed by atoms with Gasteiger partial charge in [0.1, 0.15) is 11.9 Å². The lowest BCUT2D eigenvalue weighted by Crippen LogP contribution is -2.20. The van der Waals surface area contributed by atoms with Crippen molar-refractivity contribution in [1.82, 2.24) is 14.1 Å². The van der Waals surface area contributed by atoms with Crippen LogP contribution in [-0.4, -0.2) is 27.3 Å². The van der Waals surface area contributed by atoms with Gasteiger partial charge in [0, 0.05) is 57.1 Å². The fourth-order valence-electron chi connectivity index (χ4n) is 3.52. The van der Waals surface area contributed by atoms with E-state index in [1.165, 1.54) is 16.6 Å². The van der Waals surface area contributed by atoms with E-state index in [0.717, 1.165) is 25.4 Å². The first-order valence-corrected chi connectivity index (χ1v) is 8.11. The zero-order valence-corrected chi connectivity index (χ0v) is 13.6. The number of anilines is 1. The van der Waals surface area contributed by atoms with Crippen molar-refractivity contribution in [2.75, 3.05) is 18.5 Å². The molecule has 0 radical (unpaired) electrons.